The first kappa shape index (κ1) is 4.59. The van der Waals surface area contributed by atoms with Gasteiger partial charge in [-0.15, -0.1) is 0 Å². The number of rotatable bonds is 0. The Balaban J connectivity index is 3.11. The number of hydrogen-bond donors (Lipinski definition) is 0. The molecule has 0 nitrogen and oxygen atoms in total. The standard InChI is InChI=1S/C2H2.ClH.Ir/c1-2;;/h1H2;1H;/q;;+1/p-1. The van der Waals surface area contributed by atoms with Gasteiger partial charge in [0.1, 0.15) is 0 Å². The van der Waals surface area contributed by atoms with Crippen molar-refractivity contribution in [3.05, 3.63) is 6.58 Å². The second kappa shape index (κ2) is 3.59. The van der Waals surface area contributed by atoms with Gasteiger partial charge in [-0.05, 0) is 0 Å². The quantitative estimate of drug-likeness (QED) is 0.599. The summed E-state index contributed by atoms with van der Waals surface area (Å²) in [6, 6.07) is 0. The number of halogens is 1. The molecule has 0 aliphatic rings. The van der Waals surface area contributed by atoms with Crippen LogP contribution in [-0.4, -0.2) is 4.18 Å². The molecule has 0 atom stereocenters. The minimum absolute atomic E-state index is 0.375. The summed E-state index contributed by atoms with van der Waals surface area (Å²) in [5, 5.41) is 0. The van der Waals surface area contributed by atoms with Gasteiger partial charge in [0.2, 0.25) is 0 Å². The van der Waals surface area contributed by atoms with Crippen LogP contribution in [0.25, 0.3) is 0 Å². The van der Waals surface area contributed by atoms with Crippen LogP contribution in [0.4, 0.5) is 0 Å². The van der Waals surface area contributed by atoms with Crippen molar-refractivity contribution >= 4 is 13.8 Å². The maximum absolute atomic E-state index is 5.14. The first-order valence-electron chi connectivity index (χ1n) is 0.646. The Labute approximate surface area is 36.9 Å². The van der Waals surface area contributed by atoms with Crippen molar-refractivity contribution in [1.82, 2.24) is 0 Å². The van der Waals surface area contributed by atoms with Crippen molar-refractivity contribution in [1.29, 1.82) is 0 Å². The Kier molecular flexibility index (Phi) is 4.12. The minimum atomic E-state index is -0.375. The van der Waals surface area contributed by atoms with Gasteiger partial charge in [-0.25, -0.2) is 0 Å². The van der Waals surface area contributed by atoms with Crippen LogP contribution in [0, 0.1) is 0 Å². The van der Waals surface area contributed by atoms with Crippen molar-refractivity contribution in [2.24, 2.45) is 0 Å². The molecule has 26 valence electrons. The van der Waals surface area contributed by atoms with Gasteiger partial charge in [-0.1, -0.05) is 0 Å². The molecule has 0 rings (SSSR count). The molecule has 0 aromatic carbocycles. The van der Waals surface area contributed by atoms with Gasteiger partial charge < -0.3 is 0 Å². The van der Waals surface area contributed by atoms with E-state index in [2.05, 4.69) is 10.8 Å². The zero-order valence-electron chi connectivity index (χ0n) is 1.92. The predicted octanol–water partition coefficient (Wildman–Crippen LogP) is 0.810. The SMILES string of the molecule is C=[C]=[Ir][Cl]. The summed E-state index contributed by atoms with van der Waals surface area (Å²) in [5.74, 6) is 0. The molecular weight excluding hydrogens is 252 g/mol. The average Bonchev–Trinajstić information content (AvgIpc) is 1.37. The van der Waals surface area contributed by atoms with Crippen LogP contribution in [0.2, 0.25) is 0 Å². The number of hydrogen-bond acceptors (Lipinski definition) is 0. The fraction of sp³-hybridized carbons (Fsp3) is 0. The molecule has 0 aliphatic carbocycles. The van der Waals surface area contributed by atoms with Gasteiger partial charge >= 0.3 is 36.6 Å². The van der Waals surface area contributed by atoms with Crippen LogP contribution in [-0.2, 0) is 16.2 Å². The van der Waals surface area contributed by atoms with Crippen LogP contribution in [0.3, 0.4) is 0 Å². The van der Waals surface area contributed by atoms with Crippen LogP contribution < -0.4 is 0 Å². The van der Waals surface area contributed by atoms with Crippen LogP contribution in [0.15, 0.2) is 6.58 Å². The first-order valence-corrected chi connectivity index (χ1v) is 4.81. The molecule has 0 fully saturated rings. The molecule has 0 saturated heterocycles. The fourth-order valence-corrected chi connectivity index (χ4v) is 0. The fourth-order valence-electron chi connectivity index (χ4n) is 0. The molecule has 0 bridgehead atoms. The van der Waals surface area contributed by atoms with Crippen molar-refractivity contribution in [2.45, 2.75) is 0 Å². The van der Waals surface area contributed by atoms with E-state index >= 15 is 0 Å². The molecule has 0 heterocycles. The Morgan fingerprint density at radius 2 is 2.25 bits per heavy atom. The molecular formula is C2H2ClIr. The van der Waals surface area contributed by atoms with E-state index < -0.39 is 0 Å². The Morgan fingerprint density at radius 3 is 2.25 bits per heavy atom. The van der Waals surface area contributed by atoms with E-state index in [4.69, 9.17) is 9.58 Å². The molecule has 0 spiro atoms. The third-order valence-corrected chi connectivity index (χ3v) is 1.09. The van der Waals surface area contributed by atoms with E-state index in [-0.39, 0.29) is 16.2 Å². The van der Waals surface area contributed by atoms with Gasteiger partial charge in [0.15, 0.2) is 0 Å². The Hall–Kier alpha value is 0.589. The molecule has 0 radical (unpaired) electrons. The zero-order chi connectivity index (χ0) is 3.41. The van der Waals surface area contributed by atoms with Gasteiger partial charge in [0.25, 0.3) is 0 Å². The molecule has 0 aliphatic heterocycles. The van der Waals surface area contributed by atoms with Crippen molar-refractivity contribution < 1.29 is 16.2 Å². The summed E-state index contributed by atoms with van der Waals surface area (Å²) in [5.41, 5.74) is 0. The zero-order valence-corrected chi connectivity index (χ0v) is 5.07. The summed E-state index contributed by atoms with van der Waals surface area (Å²) >= 11 is -0.375. The summed E-state index contributed by atoms with van der Waals surface area (Å²) in [6.07, 6.45) is 0. The van der Waals surface area contributed by atoms with E-state index in [1.807, 2.05) is 0 Å². The van der Waals surface area contributed by atoms with E-state index in [9.17, 15) is 0 Å². The average molecular weight is 254 g/mol. The summed E-state index contributed by atoms with van der Waals surface area (Å²) in [6.45, 7) is 3.28. The third-order valence-electron chi connectivity index (χ3n) is 0.0445. The molecule has 0 N–H and O–H groups in total. The van der Waals surface area contributed by atoms with E-state index in [1.165, 1.54) is 0 Å². The van der Waals surface area contributed by atoms with Gasteiger partial charge in [-0.2, -0.15) is 0 Å². The summed E-state index contributed by atoms with van der Waals surface area (Å²) in [7, 11) is 5.14. The Morgan fingerprint density at radius 1 is 2.00 bits per heavy atom. The molecule has 0 aromatic rings. The van der Waals surface area contributed by atoms with Gasteiger partial charge in [-0.3, -0.25) is 0 Å². The van der Waals surface area contributed by atoms with Crippen molar-refractivity contribution in [3.8, 4) is 0 Å². The van der Waals surface area contributed by atoms with Gasteiger partial charge in [0, 0.05) is 0 Å². The molecule has 0 unspecified atom stereocenters. The first-order chi connectivity index (χ1) is 1.91. The summed E-state index contributed by atoms with van der Waals surface area (Å²) < 4.78 is 2.57. The van der Waals surface area contributed by atoms with Crippen molar-refractivity contribution in [2.75, 3.05) is 0 Å². The van der Waals surface area contributed by atoms with Crippen molar-refractivity contribution in [3.63, 3.8) is 0 Å². The monoisotopic (exact) mass is 254 g/mol. The normalized spacial score (nSPS) is 6.25. The molecule has 0 aromatic heterocycles. The summed E-state index contributed by atoms with van der Waals surface area (Å²) in [4.78, 5) is 0. The van der Waals surface area contributed by atoms with E-state index in [1.54, 1.807) is 0 Å². The second-order valence-electron chi connectivity index (χ2n) is 0.181. The van der Waals surface area contributed by atoms with E-state index in [0.717, 1.165) is 0 Å². The predicted molar refractivity (Wildman–Crippen MR) is 16.5 cm³/mol. The molecule has 0 amide bonds. The molecule has 4 heavy (non-hydrogen) atoms. The topological polar surface area (TPSA) is 0 Å². The maximum atomic E-state index is 5.14. The Bertz CT molecular complexity index is 44.0. The van der Waals surface area contributed by atoms with Gasteiger partial charge in [0.05, 0.1) is 0 Å². The second-order valence-corrected chi connectivity index (χ2v) is 2.51. The molecule has 0 saturated carbocycles. The van der Waals surface area contributed by atoms with Crippen LogP contribution >= 0.6 is 9.58 Å². The third kappa shape index (κ3) is 2.59. The van der Waals surface area contributed by atoms with E-state index in [0.29, 0.717) is 0 Å². The van der Waals surface area contributed by atoms with Crippen LogP contribution in [0.1, 0.15) is 0 Å². The van der Waals surface area contributed by atoms with Crippen LogP contribution in [0.5, 0.6) is 0 Å². The molecule has 2 heteroatoms.